The van der Waals surface area contributed by atoms with Crippen molar-refractivity contribution < 1.29 is 4.84 Å². The molecule has 0 radical (unpaired) electrons. The van der Waals surface area contributed by atoms with Crippen LogP contribution in [-0.2, 0) is 11.3 Å². The van der Waals surface area contributed by atoms with Crippen LogP contribution in [0.2, 0.25) is 0 Å². The number of rotatable bonds is 7. The molecule has 7 nitrogen and oxygen atoms in total. The van der Waals surface area contributed by atoms with Gasteiger partial charge in [-0.25, -0.2) is 4.98 Å². The van der Waals surface area contributed by atoms with Gasteiger partial charge >= 0.3 is 0 Å². The van der Waals surface area contributed by atoms with E-state index in [0.29, 0.717) is 0 Å². The topological polar surface area (TPSA) is 65.6 Å². The Kier molecular flexibility index (Phi) is 5.12. The predicted octanol–water partition coefficient (Wildman–Crippen LogP) is 2.12. The lowest BCUT2D eigenvalue weighted by Crippen LogP contribution is -2.22. The molecule has 1 aliphatic rings. The molecule has 2 aromatic rings. The monoisotopic (exact) mass is 328 g/mol. The summed E-state index contributed by atoms with van der Waals surface area (Å²) in [5.74, 6) is 1.59. The minimum atomic E-state index is 0.732. The van der Waals surface area contributed by atoms with Crippen molar-refractivity contribution in [3.05, 3.63) is 36.0 Å². The average Bonchev–Trinajstić information content (AvgIpc) is 2.98. The molecular weight excluding hydrogens is 304 g/mol. The summed E-state index contributed by atoms with van der Waals surface area (Å²) >= 11 is 0. The van der Waals surface area contributed by atoms with E-state index in [4.69, 9.17) is 4.84 Å². The second-order valence-electron chi connectivity index (χ2n) is 6.02. The molecule has 0 unspecified atom stereocenters. The van der Waals surface area contributed by atoms with Gasteiger partial charge in [0.1, 0.15) is 5.82 Å². The Hall–Kier alpha value is -2.38. The molecule has 0 bridgehead atoms. The van der Waals surface area contributed by atoms with Gasteiger partial charge in [-0.1, -0.05) is 0 Å². The third-order valence-corrected chi connectivity index (χ3v) is 3.94. The molecule has 0 amide bonds. The van der Waals surface area contributed by atoms with E-state index in [0.717, 1.165) is 49.2 Å². The predicted molar refractivity (Wildman–Crippen MR) is 96.9 cm³/mol. The molecule has 0 saturated carbocycles. The minimum absolute atomic E-state index is 0.732. The first-order chi connectivity index (χ1) is 11.7. The number of benzene rings is 1. The smallest absolute Gasteiger partial charge is 0.231 e. The number of nitrogens with one attached hydrogen (secondary N) is 2. The highest BCUT2D eigenvalue weighted by atomic mass is 16.6. The third kappa shape index (κ3) is 3.74. The molecule has 1 aromatic heterocycles. The van der Waals surface area contributed by atoms with Crippen LogP contribution >= 0.6 is 0 Å². The first-order valence-corrected chi connectivity index (χ1v) is 8.08. The molecular formula is C17H24N6O. The molecule has 1 aromatic carbocycles. The van der Waals surface area contributed by atoms with E-state index in [1.165, 1.54) is 5.56 Å². The number of aromatic nitrogens is 2. The van der Waals surface area contributed by atoms with Gasteiger partial charge in [0, 0.05) is 31.5 Å². The normalized spacial score (nSPS) is 13.2. The zero-order valence-corrected chi connectivity index (χ0v) is 14.4. The minimum Gasteiger partial charge on any atom is -0.369 e. The van der Waals surface area contributed by atoms with E-state index in [-0.39, 0.29) is 0 Å². The van der Waals surface area contributed by atoms with Gasteiger partial charge in [-0.2, -0.15) is 4.98 Å². The Morgan fingerprint density at radius 1 is 1.29 bits per heavy atom. The molecule has 0 atom stereocenters. The molecule has 3 rings (SSSR count). The molecule has 2 N–H and O–H groups in total. The van der Waals surface area contributed by atoms with Gasteiger partial charge in [0.15, 0.2) is 0 Å². The van der Waals surface area contributed by atoms with Crippen molar-refractivity contribution in [3.8, 4) is 0 Å². The van der Waals surface area contributed by atoms with Crippen LogP contribution < -0.4 is 15.7 Å². The van der Waals surface area contributed by atoms with E-state index < -0.39 is 0 Å². The SMILES string of the molecule is CONc1ccc2c(c1)CCN2c1nccc(NCCN(C)C)n1. The molecule has 0 aliphatic carbocycles. The summed E-state index contributed by atoms with van der Waals surface area (Å²) in [5, 5.41) is 3.34. The van der Waals surface area contributed by atoms with Gasteiger partial charge in [0.2, 0.25) is 5.95 Å². The van der Waals surface area contributed by atoms with Crippen LogP contribution in [0.3, 0.4) is 0 Å². The Labute approximate surface area is 142 Å². The summed E-state index contributed by atoms with van der Waals surface area (Å²) in [4.78, 5) is 18.4. The highest BCUT2D eigenvalue weighted by Gasteiger charge is 2.22. The molecule has 0 saturated heterocycles. The van der Waals surface area contributed by atoms with E-state index in [1.54, 1.807) is 13.3 Å². The van der Waals surface area contributed by atoms with E-state index in [1.807, 2.05) is 12.1 Å². The van der Waals surface area contributed by atoms with Crippen LogP contribution in [0.4, 0.5) is 23.1 Å². The Balaban J connectivity index is 1.74. The lowest BCUT2D eigenvalue weighted by Gasteiger charge is -2.18. The van der Waals surface area contributed by atoms with Crippen molar-refractivity contribution in [2.75, 3.05) is 56.5 Å². The molecule has 0 fully saturated rings. The average molecular weight is 328 g/mol. The lowest BCUT2D eigenvalue weighted by atomic mass is 10.1. The number of nitrogens with zero attached hydrogens (tertiary/aromatic N) is 4. The zero-order chi connectivity index (χ0) is 16.9. The molecule has 24 heavy (non-hydrogen) atoms. The standard InChI is InChI=1S/C17H24N6O/c1-22(2)11-9-18-16-6-8-19-17(20-16)23-10-7-13-12-14(21-24-3)4-5-15(13)23/h4-6,8,12,21H,7,9-11H2,1-3H3,(H,18,19,20). The highest BCUT2D eigenvalue weighted by Crippen LogP contribution is 2.34. The van der Waals surface area contributed by atoms with Gasteiger partial charge < -0.3 is 15.1 Å². The highest BCUT2D eigenvalue weighted by molar-refractivity contribution is 5.69. The number of hydrogen-bond donors (Lipinski definition) is 2. The number of hydrogen-bond acceptors (Lipinski definition) is 7. The fourth-order valence-corrected chi connectivity index (χ4v) is 2.78. The largest absolute Gasteiger partial charge is 0.369 e. The second-order valence-corrected chi connectivity index (χ2v) is 6.02. The number of fused-ring (bicyclic) bond motifs is 1. The van der Waals surface area contributed by atoms with Gasteiger partial charge in [-0.15, -0.1) is 0 Å². The van der Waals surface area contributed by atoms with Crippen molar-refractivity contribution in [1.82, 2.24) is 14.9 Å². The fourth-order valence-electron chi connectivity index (χ4n) is 2.78. The quantitative estimate of drug-likeness (QED) is 0.755. The van der Waals surface area contributed by atoms with Crippen molar-refractivity contribution in [2.45, 2.75) is 6.42 Å². The summed E-state index contributed by atoms with van der Waals surface area (Å²) in [5.41, 5.74) is 6.25. The van der Waals surface area contributed by atoms with Crippen molar-refractivity contribution in [2.24, 2.45) is 0 Å². The second kappa shape index (κ2) is 7.46. The third-order valence-electron chi connectivity index (χ3n) is 3.94. The molecule has 128 valence electrons. The molecule has 2 heterocycles. The Bertz CT molecular complexity index is 691. The maximum absolute atomic E-state index is 4.97. The van der Waals surface area contributed by atoms with Crippen molar-refractivity contribution in [3.63, 3.8) is 0 Å². The van der Waals surface area contributed by atoms with Gasteiger partial charge in [0.05, 0.1) is 12.8 Å². The van der Waals surface area contributed by atoms with Crippen LogP contribution in [0.1, 0.15) is 5.56 Å². The van der Waals surface area contributed by atoms with Gasteiger partial charge in [0.25, 0.3) is 0 Å². The summed E-state index contributed by atoms with van der Waals surface area (Å²) in [7, 11) is 5.73. The van der Waals surface area contributed by atoms with Crippen molar-refractivity contribution in [1.29, 1.82) is 0 Å². The lowest BCUT2D eigenvalue weighted by molar-refractivity contribution is 0.271. The number of likely N-dealkylation sites (N-methyl/N-ethyl adjacent to an activating group) is 1. The molecule has 0 spiro atoms. The summed E-state index contributed by atoms with van der Waals surface area (Å²) in [6, 6.07) is 8.10. The molecule has 7 heteroatoms. The Morgan fingerprint density at radius 3 is 2.96 bits per heavy atom. The Morgan fingerprint density at radius 2 is 2.17 bits per heavy atom. The van der Waals surface area contributed by atoms with E-state index in [9.17, 15) is 0 Å². The van der Waals surface area contributed by atoms with Crippen LogP contribution in [0.5, 0.6) is 0 Å². The maximum atomic E-state index is 4.97. The fraction of sp³-hybridized carbons (Fsp3) is 0.412. The maximum Gasteiger partial charge on any atom is 0.231 e. The van der Waals surface area contributed by atoms with Crippen LogP contribution in [0.15, 0.2) is 30.5 Å². The van der Waals surface area contributed by atoms with Crippen LogP contribution in [-0.4, -0.2) is 55.7 Å². The summed E-state index contributed by atoms with van der Waals surface area (Å²) in [6.45, 7) is 2.69. The van der Waals surface area contributed by atoms with E-state index in [2.05, 4.69) is 56.8 Å². The van der Waals surface area contributed by atoms with E-state index >= 15 is 0 Å². The first-order valence-electron chi connectivity index (χ1n) is 8.08. The first kappa shape index (κ1) is 16.5. The zero-order valence-electron chi connectivity index (χ0n) is 14.4. The van der Waals surface area contributed by atoms with Gasteiger partial charge in [-0.05, 0) is 50.3 Å². The van der Waals surface area contributed by atoms with Gasteiger partial charge in [-0.3, -0.25) is 10.3 Å². The summed E-state index contributed by atoms with van der Waals surface area (Å²) < 4.78 is 0. The van der Waals surface area contributed by atoms with Crippen LogP contribution in [0, 0.1) is 0 Å². The molecule has 1 aliphatic heterocycles. The summed E-state index contributed by atoms with van der Waals surface area (Å²) in [6.07, 6.45) is 2.77. The van der Waals surface area contributed by atoms with Crippen molar-refractivity contribution >= 4 is 23.1 Å². The number of anilines is 4. The van der Waals surface area contributed by atoms with Crippen LogP contribution in [0.25, 0.3) is 0 Å².